The third-order valence-corrected chi connectivity index (χ3v) is 4.80. The molecule has 0 aliphatic heterocycles. The summed E-state index contributed by atoms with van der Waals surface area (Å²) < 4.78 is 22.0. The first kappa shape index (κ1) is 18.2. The largest absolute Gasteiger partial charge is 0.460 e. The second-order valence-electron chi connectivity index (χ2n) is 4.46. The predicted octanol–water partition coefficient (Wildman–Crippen LogP) is 4.11. The first-order chi connectivity index (χ1) is 11.6. The lowest BCUT2D eigenvalue weighted by Gasteiger charge is -2.22. The van der Waals surface area contributed by atoms with Crippen LogP contribution in [0.5, 0.6) is 11.5 Å². The molecule has 0 amide bonds. The Kier molecular flexibility index (Phi) is 7.00. The van der Waals surface area contributed by atoms with Gasteiger partial charge in [-0.25, -0.2) is 4.79 Å². The van der Waals surface area contributed by atoms with Crippen molar-refractivity contribution in [3.8, 4) is 11.5 Å². The zero-order valence-corrected chi connectivity index (χ0v) is 14.6. The van der Waals surface area contributed by atoms with Gasteiger partial charge in [0, 0.05) is 17.9 Å². The molecule has 0 heterocycles. The number of ether oxygens (including phenoxy) is 1. The average molecular weight is 364 g/mol. The molecule has 0 fully saturated rings. The summed E-state index contributed by atoms with van der Waals surface area (Å²) in [6.45, 7) is 0.286. The summed E-state index contributed by atoms with van der Waals surface area (Å²) in [5, 5.41) is 0. The molecule has 0 saturated heterocycles. The molecule has 0 radical (unpaired) electrons. The van der Waals surface area contributed by atoms with E-state index in [0.29, 0.717) is 11.5 Å². The minimum Gasteiger partial charge on any atom is -0.460 e. The molecule has 0 unspecified atom stereocenters. The van der Waals surface area contributed by atoms with E-state index in [1.54, 1.807) is 24.3 Å². The van der Waals surface area contributed by atoms with Crippen LogP contribution in [0.15, 0.2) is 73.3 Å². The molecule has 5 nitrogen and oxygen atoms in total. The van der Waals surface area contributed by atoms with Crippen molar-refractivity contribution in [1.29, 1.82) is 0 Å². The van der Waals surface area contributed by atoms with E-state index in [1.165, 1.54) is 0 Å². The normalized spacial score (nSPS) is 10.7. The maximum absolute atomic E-state index is 11.0. The van der Waals surface area contributed by atoms with Crippen LogP contribution in [0.3, 0.4) is 0 Å². The van der Waals surface area contributed by atoms with Crippen molar-refractivity contribution in [2.45, 2.75) is 0 Å². The third kappa shape index (κ3) is 6.16. The van der Waals surface area contributed by atoms with Gasteiger partial charge < -0.3 is 13.8 Å². The van der Waals surface area contributed by atoms with Crippen LogP contribution >= 0.6 is 6.72 Å². The minimum atomic E-state index is -3.12. The van der Waals surface area contributed by atoms with E-state index in [2.05, 4.69) is 6.58 Å². The summed E-state index contributed by atoms with van der Waals surface area (Å²) in [6.07, 6.45) is 1.08. The molecule has 0 N–H and O–H groups in total. The number of rotatable bonds is 9. The quantitative estimate of drug-likeness (QED) is 0.289. The monoisotopic (exact) mass is 364 g/mol. The van der Waals surface area contributed by atoms with Crippen molar-refractivity contribution in [2.24, 2.45) is 0 Å². The summed E-state index contributed by atoms with van der Waals surface area (Å²) in [4.78, 5) is 11.0. The fraction of sp³-hybridized carbons (Fsp3) is 0.118. The number of esters is 1. The number of para-hydroxylation sites is 2. The number of hydrogen-bond donors (Lipinski definition) is 0. The fourth-order valence-electron chi connectivity index (χ4n) is 1.64. The minimum absolute atomic E-state index is 0.0273. The van der Waals surface area contributed by atoms with Gasteiger partial charge >= 0.3 is 12.7 Å². The number of benzene rings is 2. The highest BCUT2D eigenvalue weighted by Gasteiger charge is 2.24. The summed E-state index contributed by atoms with van der Waals surface area (Å²) in [5.74, 6) is 0.555. The lowest BCUT2D eigenvalue weighted by Crippen LogP contribution is -2.11. The Morgan fingerprint density at radius 3 is 1.92 bits per heavy atom. The van der Waals surface area contributed by atoms with Gasteiger partial charge in [-0.2, -0.15) is 0 Å². The highest BCUT2D eigenvalue weighted by Crippen LogP contribution is 2.49. The van der Waals surface area contributed by atoms with E-state index in [-0.39, 0.29) is 13.2 Å². The van der Waals surface area contributed by atoms with Gasteiger partial charge in [0.1, 0.15) is 18.1 Å². The highest BCUT2D eigenvalue weighted by molar-refractivity contribution is 8.07. The zero-order chi connectivity index (χ0) is 17.3. The highest BCUT2D eigenvalue weighted by atomic mass is 32.5. The Balaban J connectivity index is 2.04. The first-order valence-corrected chi connectivity index (χ1v) is 9.70. The molecular formula is C17H17O5PS. The van der Waals surface area contributed by atoms with Gasteiger partial charge in [0.25, 0.3) is 0 Å². The topological polar surface area (TPSA) is 54.0 Å². The van der Waals surface area contributed by atoms with Gasteiger partial charge in [-0.3, -0.25) is 4.52 Å². The van der Waals surface area contributed by atoms with Gasteiger partial charge in [0.2, 0.25) is 0 Å². The van der Waals surface area contributed by atoms with Crippen molar-refractivity contribution >= 4 is 24.5 Å². The van der Waals surface area contributed by atoms with Gasteiger partial charge in [-0.15, -0.1) is 0 Å². The maximum Gasteiger partial charge on any atom is 0.435 e. The second-order valence-corrected chi connectivity index (χ2v) is 7.32. The van der Waals surface area contributed by atoms with Gasteiger partial charge in [0.05, 0.1) is 6.61 Å². The van der Waals surface area contributed by atoms with E-state index >= 15 is 0 Å². The SMILES string of the molecule is C=CC(=O)OCCOP(=S)(Oc1ccccc1)Oc1ccccc1. The smallest absolute Gasteiger partial charge is 0.435 e. The van der Waals surface area contributed by atoms with Crippen LogP contribution in [-0.2, 0) is 25.9 Å². The van der Waals surface area contributed by atoms with Crippen LogP contribution < -0.4 is 9.05 Å². The van der Waals surface area contributed by atoms with Gasteiger partial charge in [0.15, 0.2) is 0 Å². The predicted molar refractivity (Wildman–Crippen MR) is 95.5 cm³/mol. The van der Waals surface area contributed by atoms with Crippen molar-refractivity contribution < 1.29 is 23.1 Å². The Bertz CT molecular complexity index is 660. The lowest BCUT2D eigenvalue weighted by atomic mass is 10.3. The molecule has 2 aromatic rings. The first-order valence-electron chi connectivity index (χ1n) is 7.14. The van der Waals surface area contributed by atoms with Crippen LogP contribution in [0, 0.1) is 0 Å². The molecule has 0 saturated carbocycles. The molecule has 24 heavy (non-hydrogen) atoms. The Labute approximate surface area is 146 Å². The maximum atomic E-state index is 11.0. The summed E-state index contributed by atoms with van der Waals surface area (Å²) in [6, 6.07) is 18.1. The van der Waals surface area contributed by atoms with E-state index in [9.17, 15) is 4.79 Å². The summed E-state index contributed by atoms with van der Waals surface area (Å²) in [7, 11) is 0. The van der Waals surface area contributed by atoms with Gasteiger partial charge in [-0.1, -0.05) is 43.0 Å². The lowest BCUT2D eigenvalue weighted by molar-refractivity contribution is -0.138. The van der Waals surface area contributed by atoms with E-state index in [1.807, 2.05) is 36.4 Å². The Morgan fingerprint density at radius 2 is 1.46 bits per heavy atom. The molecule has 7 heteroatoms. The van der Waals surface area contributed by atoms with Crippen molar-refractivity contribution in [3.05, 3.63) is 73.3 Å². The standard InChI is InChI=1S/C17H17O5PS/c1-2-17(18)19-13-14-20-23(24,21-15-9-5-3-6-10-15)22-16-11-7-4-8-12-16/h2-12H,1,13-14H2. The third-order valence-electron chi connectivity index (χ3n) is 2.66. The molecule has 126 valence electrons. The van der Waals surface area contributed by atoms with E-state index in [0.717, 1.165) is 6.08 Å². The average Bonchev–Trinajstić information content (AvgIpc) is 2.60. The summed E-state index contributed by atoms with van der Waals surface area (Å²) >= 11 is 5.46. The fourth-order valence-corrected chi connectivity index (χ4v) is 3.58. The van der Waals surface area contributed by atoms with E-state index in [4.69, 9.17) is 30.1 Å². The van der Waals surface area contributed by atoms with Crippen LogP contribution in [0.1, 0.15) is 0 Å². The Hall–Kier alpha value is -2.14. The van der Waals surface area contributed by atoms with Crippen LogP contribution in [0.25, 0.3) is 0 Å². The van der Waals surface area contributed by atoms with E-state index < -0.39 is 12.7 Å². The summed E-state index contributed by atoms with van der Waals surface area (Å²) in [5.41, 5.74) is 0. The molecule has 0 spiro atoms. The Morgan fingerprint density at radius 1 is 0.958 bits per heavy atom. The van der Waals surface area contributed by atoms with Crippen molar-refractivity contribution in [2.75, 3.05) is 13.2 Å². The number of carbonyl (C=O) groups excluding carboxylic acids is 1. The molecule has 2 rings (SSSR count). The van der Waals surface area contributed by atoms with Crippen LogP contribution in [-0.4, -0.2) is 19.2 Å². The molecule has 2 aromatic carbocycles. The van der Waals surface area contributed by atoms with Crippen molar-refractivity contribution in [3.63, 3.8) is 0 Å². The molecule has 0 aliphatic rings. The molecule has 0 aliphatic carbocycles. The number of carbonyl (C=O) groups is 1. The molecule has 0 aromatic heterocycles. The molecular weight excluding hydrogens is 347 g/mol. The number of hydrogen-bond acceptors (Lipinski definition) is 6. The molecule has 0 atom stereocenters. The molecule has 0 bridgehead atoms. The van der Waals surface area contributed by atoms with Crippen molar-refractivity contribution in [1.82, 2.24) is 0 Å². The van der Waals surface area contributed by atoms with Crippen LogP contribution in [0.4, 0.5) is 0 Å². The second kappa shape index (κ2) is 9.23. The van der Waals surface area contributed by atoms with Crippen LogP contribution in [0.2, 0.25) is 0 Å². The van der Waals surface area contributed by atoms with Gasteiger partial charge in [-0.05, 0) is 24.3 Å². The zero-order valence-electron chi connectivity index (χ0n) is 12.9.